The summed E-state index contributed by atoms with van der Waals surface area (Å²) in [4.78, 5) is 0. The highest BCUT2D eigenvalue weighted by atomic mass is 35.6. The fourth-order valence-electron chi connectivity index (χ4n) is 0.663. The monoisotopic (exact) mass is 214 g/mol. The van der Waals surface area contributed by atoms with Gasteiger partial charge in [-0.15, -0.1) is 10.2 Å². The summed E-state index contributed by atoms with van der Waals surface area (Å²) in [7, 11) is 0. The van der Waals surface area contributed by atoms with Crippen LogP contribution in [0.2, 0.25) is 0 Å². The molecule has 0 fully saturated rings. The normalized spacial score (nSPS) is 21.1. The van der Waals surface area contributed by atoms with Gasteiger partial charge in [-0.2, -0.15) is 0 Å². The van der Waals surface area contributed by atoms with E-state index in [2.05, 4.69) is 20.7 Å². The molecule has 1 aliphatic heterocycles. The lowest BCUT2D eigenvalue weighted by Gasteiger charge is -2.25. The van der Waals surface area contributed by atoms with Crippen LogP contribution in [-0.4, -0.2) is 9.46 Å². The summed E-state index contributed by atoms with van der Waals surface area (Å²) in [5.41, 5.74) is -1.11. The van der Waals surface area contributed by atoms with Crippen molar-refractivity contribution in [2.45, 2.75) is 22.8 Å². The van der Waals surface area contributed by atoms with Crippen LogP contribution in [0.3, 0.4) is 0 Å². The van der Waals surface area contributed by atoms with E-state index < -0.39 is 9.46 Å². The molecule has 0 saturated carbocycles. The molecule has 0 radical (unpaired) electrons. The molecule has 1 aliphatic rings. The second-order valence-electron chi connectivity index (χ2n) is 2.05. The van der Waals surface area contributed by atoms with E-state index in [1.54, 1.807) is 6.92 Å². The topological polar surface area (TPSA) is 49.4 Å². The Morgan fingerprint density at radius 1 is 1.18 bits per heavy atom. The van der Waals surface area contributed by atoms with Gasteiger partial charge >= 0.3 is 0 Å². The first-order valence-electron chi connectivity index (χ1n) is 2.92. The van der Waals surface area contributed by atoms with Gasteiger partial charge in [0.25, 0.3) is 0 Å². The van der Waals surface area contributed by atoms with Crippen LogP contribution in [-0.2, 0) is 0 Å². The van der Waals surface area contributed by atoms with Gasteiger partial charge in [0, 0.05) is 0 Å². The van der Waals surface area contributed by atoms with E-state index in [0.717, 1.165) is 0 Å². The molecule has 0 aromatic rings. The van der Waals surface area contributed by atoms with Crippen LogP contribution in [0, 0.1) is 0 Å². The Kier molecular flexibility index (Phi) is 2.37. The molecule has 0 aliphatic carbocycles. The maximum absolute atomic E-state index is 5.62. The number of rotatable bonds is 1. The van der Waals surface area contributed by atoms with Crippen molar-refractivity contribution in [2.24, 2.45) is 20.7 Å². The molecule has 0 aromatic heterocycles. The van der Waals surface area contributed by atoms with Crippen molar-refractivity contribution in [2.75, 3.05) is 0 Å². The summed E-state index contributed by atoms with van der Waals surface area (Å²) >= 11 is 16.9. The average Bonchev–Trinajstić information content (AvgIpc) is 2.33. The van der Waals surface area contributed by atoms with Gasteiger partial charge in [-0.05, 0) is 16.9 Å². The fraction of sp³-hybridized carbons (Fsp3) is 1.00. The van der Waals surface area contributed by atoms with Crippen molar-refractivity contribution in [3.8, 4) is 0 Å². The lowest BCUT2D eigenvalue weighted by molar-refractivity contribution is 0.435. The Bertz CT molecular complexity index is 194. The molecule has 0 unspecified atom stereocenters. The molecule has 1 rings (SSSR count). The van der Waals surface area contributed by atoms with E-state index in [4.69, 9.17) is 34.8 Å². The summed E-state index contributed by atoms with van der Waals surface area (Å²) in [6.45, 7) is 1.80. The third kappa shape index (κ3) is 1.48. The summed E-state index contributed by atoms with van der Waals surface area (Å²) in [5, 5.41) is 13.9. The second kappa shape index (κ2) is 2.84. The van der Waals surface area contributed by atoms with E-state index in [9.17, 15) is 0 Å². The minimum Gasteiger partial charge on any atom is -0.130 e. The molecule has 0 spiro atoms. The van der Waals surface area contributed by atoms with Crippen LogP contribution < -0.4 is 0 Å². The van der Waals surface area contributed by atoms with Gasteiger partial charge in [-0.3, -0.25) is 0 Å². The van der Waals surface area contributed by atoms with Gasteiger partial charge < -0.3 is 0 Å². The maximum Gasteiger partial charge on any atom is 0.241 e. The molecule has 0 bridgehead atoms. The van der Waals surface area contributed by atoms with E-state index in [-0.39, 0.29) is 0 Å². The average molecular weight is 215 g/mol. The predicted octanol–water partition coefficient (Wildman–Crippen LogP) is 3.30. The lowest BCUT2D eigenvalue weighted by Crippen LogP contribution is -2.36. The number of hydrogen-bond acceptors (Lipinski definition) is 4. The highest BCUT2D eigenvalue weighted by molar-refractivity contribution is 6.68. The molecule has 62 valence electrons. The quantitative estimate of drug-likeness (QED) is 0.603. The molecule has 11 heavy (non-hydrogen) atoms. The van der Waals surface area contributed by atoms with Crippen LogP contribution >= 0.6 is 34.8 Å². The van der Waals surface area contributed by atoms with Crippen molar-refractivity contribution < 1.29 is 0 Å². The van der Waals surface area contributed by atoms with Crippen LogP contribution in [0.5, 0.6) is 0 Å². The van der Waals surface area contributed by atoms with Crippen molar-refractivity contribution in [3.63, 3.8) is 0 Å². The molecule has 7 heteroatoms. The first kappa shape index (κ1) is 9.16. The third-order valence-electron chi connectivity index (χ3n) is 1.41. The molecule has 0 aromatic carbocycles. The highest BCUT2D eigenvalue weighted by Gasteiger charge is 2.50. The van der Waals surface area contributed by atoms with Crippen molar-refractivity contribution in [3.05, 3.63) is 0 Å². The predicted molar refractivity (Wildman–Crippen MR) is 43.0 cm³/mol. The van der Waals surface area contributed by atoms with Gasteiger partial charge in [0.05, 0.1) is 0 Å². The number of halogens is 3. The van der Waals surface area contributed by atoms with Crippen molar-refractivity contribution >= 4 is 34.8 Å². The van der Waals surface area contributed by atoms with Gasteiger partial charge in [-0.1, -0.05) is 41.7 Å². The summed E-state index contributed by atoms with van der Waals surface area (Å²) in [6.07, 6.45) is 0.455. The van der Waals surface area contributed by atoms with Crippen LogP contribution in [0.4, 0.5) is 0 Å². The minimum absolute atomic E-state index is 0.455. The van der Waals surface area contributed by atoms with Crippen LogP contribution in [0.25, 0.3) is 0 Å². The Balaban J connectivity index is 2.95. The Morgan fingerprint density at radius 3 is 1.82 bits per heavy atom. The standard InChI is InChI=1S/C4H5Cl3N4/c1-2-3(4(5,6)7)8-10-11-9-3/h2H2,1H3. The molecule has 4 nitrogen and oxygen atoms in total. The summed E-state index contributed by atoms with van der Waals surface area (Å²) in [5.74, 6) is 0. The minimum atomic E-state index is -1.58. The SMILES string of the molecule is CCC1(C(Cl)(Cl)Cl)N=NN=N1. The Labute approximate surface area is 78.6 Å². The third-order valence-corrected chi connectivity index (χ3v) is 2.32. The summed E-state index contributed by atoms with van der Waals surface area (Å²) < 4.78 is -1.58. The van der Waals surface area contributed by atoms with E-state index >= 15 is 0 Å². The molecule has 0 N–H and O–H groups in total. The highest BCUT2D eigenvalue weighted by Crippen LogP contribution is 2.46. The van der Waals surface area contributed by atoms with Crippen molar-refractivity contribution in [1.29, 1.82) is 0 Å². The maximum atomic E-state index is 5.62. The fourth-order valence-corrected chi connectivity index (χ4v) is 1.29. The zero-order valence-electron chi connectivity index (χ0n) is 5.63. The smallest absolute Gasteiger partial charge is 0.130 e. The molecule has 0 amide bonds. The number of alkyl halides is 3. The Hall–Kier alpha value is 0.0700. The molecule has 1 heterocycles. The molecule has 0 atom stereocenters. The first-order chi connectivity index (χ1) is 5.02. The number of nitrogens with zero attached hydrogens (tertiary/aromatic N) is 4. The van der Waals surface area contributed by atoms with Gasteiger partial charge in [0.2, 0.25) is 9.46 Å². The van der Waals surface area contributed by atoms with E-state index in [0.29, 0.717) is 6.42 Å². The zero-order valence-corrected chi connectivity index (χ0v) is 7.90. The largest absolute Gasteiger partial charge is 0.241 e. The molecule has 0 saturated heterocycles. The van der Waals surface area contributed by atoms with Gasteiger partial charge in [0.15, 0.2) is 0 Å². The molecular weight excluding hydrogens is 210 g/mol. The molecular formula is C4H5Cl3N4. The van der Waals surface area contributed by atoms with E-state index in [1.807, 2.05) is 0 Å². The van der Waals surface area contributed by atoms with Gasteiger partial charge in [-0.25, -0.2) is 0 Å². The van der Waals surface area contributed by atoms with Gasteiger partial charge in [0.1, 0.15) is 0 Å². The van der Waals surface area contributed by atoms with Crippen LogP contribution in [0.15, 0.2) is 20.7 Å². The second-order valence-corrected chi connectivity index (χ2v) is 4.33. The van der Waals surface area contributed by atoms with E-state index in [1.165, 1.54) is 0 Å². The zero-order chi connectivity index (χ0) is 8.54. The van der Waals surface area contributed by atoms with Crippen molar-refractivity contribution in [1.82, 2.24) is 0 Å². The number of hydrogen-bond donors (Lipinski definition) is 0. The summed E-state index contributed by atoms with van der Waals surface area (Å²) in [6, 6.07) is 0. The first-order valence-corrected chi connectivity index (χ1v) is 4.06. The van der Waals surface area contributed by atoms with Crippen LogP contribution in [0.1, 0.15) is 13.3 Å². The Morgan fingerprint density at radius 2 is 1.64 bits per heavy atom. The lowest BCUT2D eigenvalue weighted by atomic mass is 10.2.